The van der Waals surface area contributed by atoms with Crippen molar-refractivity contribution in [1.82, 2.24) is 10.2 Å². The Labute approximate surface area is 137 Å². The lowest BCUT2D eigenvalue weighted by Gasteiger charge is -2.32. The van der Waals surface area contributed by atoms with Crippen molar-refractivity contribution >= 4 is 15.9 Å². The predicted molar refractivity (Wildman–Crippen MR) is 91.9 cm³/mol. The van der Waals surface area contributed by atoms with Crippen molar-refractivity contribution in [2.75, 3.05) is 32.8 Å². The predicted octanol–water partition coefficient (Wildman–Crippen LogP) is 3.54. The van der Waals surface area contributed by atoms with Crippen molar-refractivity contribution in [2.24, 2.45) is 5.92 Å². The van der Waals surface area contributed by atoms with Crippen LogP contribution in [0.4, 0.5) is 0 Å². The van der Waals surface area contributed by atoms with E-state index in [1.54, 1.807) is 0 Å². The molecule has 0 aromatic heterocycles. The third kappa shape index (κ3) is 5.97. The molecule has 0 saturated carbocycles. The molecule has 1 aliphatic rings. The zero-order valence-corrected chi connectivity index (χ0v) is 14.7. The highest BCUT2D eigenvalue weighted by atomic mass is 79.9. The second-order valence-electron chi connectivity index (χ2n) is 6.11. The summed E-state index contributed by atoms with van der Waals surface area (Å²) in [5, 5.41) is 3.50. The van der Waals surface area contributed by atoms with Gasteiger partial charge in [0.05, 0.1) is 0 Å². The number of hydrogen-bond acceptors (Lipinski definition) is 3. The van der Waals surface area contributed by atoms with Gasteiger partial charge in [0.1, 0.15) is 12.4 Å². The summed E-state index contributed by atoms with van der Waals surface area (Å²) in [6, 6.07) is 8.62. The molecule has 1 aliphatic heterocycles. The Hall–Kier alpha value is -0.580. The van der Waals surface area contributed by atoms with Gasteiger partial charge in [-0.05, 0) is 63.9 Å². The summed E-state index contributed by atoms with van der Waals surface area (Å²) in [5.74, 6) is 1.72. The summed E-state index contributed by atoms with van der Waals surface area (Å²) in [6.45, 7) is 9.80. The van der Waals surface area contributed by atoms with Crippen LogP contribution in [0, 0.1) is 5.92 Å². The molecule has 1 heterocycles. The Morgan fingerprint density at radius 1 is 1.43 bits per heavy atom. The van der Waals surface area contributed by atoms with Crippen LogP contribution in [-0.4, -0.2) is 43.7 Å². The first-order valence-corrected chi connectivity index (χ1v) is 8.77. The van der Waals surface area contributed by atoms with Crippen LogP contribution < -0.4 is 10.1 Å². The SMILES string of the molecule is CC(C)N(CCOc1cccc(Br)c1)CC1CCCNC1. The Morgan fingerprint density at radius 3 is 2.95 bits per heavy atom. The van der Waals surface area contributed by atoms with Gasteiger partial charge in [-0.25, -0.2) is 0 Å². The molecule has 0 bridgehead atoms. The van der Waals surface area contributed by atoms with Gasteiger partial charge >= 0.3 is 0 Å². The van der Waals surface area contributed by atoms with Crippen LogP contribution in [0.2, 0.25) is 0 Å². The molecular weight excluding hydrogens is 328 g/mol. The first-order valence-electron chi connectivity index (χ1n) is 7.98. The lowest BCUT2D eigenvalue weighted by atomic mass is 9.98. The van der Waals surface area contributed by atoms with E-state index < -0.39 is 0 Å². The van der Waals surface area contributed by atoms with Crippen LogP contribution in [0.5, 0.6) is 5.75 Å². The smallest absolute Gasteiger partial charge is 0.120 e. The molecule has 0 radical (unpaired) electrons. The summed E-state index contributed by atoms with van der Waals surface area (Å²) in [4.78, 5) is 2.54. The summed E-state index contributed by atoms with van der Waals surface area (Å²) < 4.78 is 6.93. The van der Waals surface area contributed by atoms with Gasteiger partial charge in [-0.15, -0.1) is 0 Å². The Morgan fingerprint density at radius 2 is 2.29 bits per heavy atom. The van der Waals surface area contributed by atoms with Gasteiger partial charge < -0.3 is 10.1 Å². The molecule has 1 unspecified atom stereocenters. The Kier molecular flexibility index (Phi) is 7.00. The van der Waals surface area contributed by atoms with E-state index in [2.05, 4.69) is 40.0 Å². The third-order valence-corrected chi connectivity index (χ3v) is 4.56. The van der Waals surface area contributed by atoms with Crippen molar-refractivity contribution in [1.29, 1.82) is 0 Å². The highest BCUT2D eigenvalue weighted by Gasteiger charge is 2.18. The van der Waals surface area contributed by atoms with E-state index in [1.165, 1.54) is 25.9 Å². The molecule has 0 amide bonds. The summed E-state index contributed by atoms with van der Waals surface area (Å²) in [7, 11) is 0. The van der Waals surface area contributed by atoms with Crippen LogP contribution in [0.1, 0.15) is 26.7 Å². The molecule has 0 spiro atoms. The van der Waals surface area contributed by atoms with Crippen LogP contribution in [0.3, 0.4) is 0 Å². The standard InChI is InChI=1S/C17H27BrN2O/c1-14(2)20(13-15-5-4-8-19-12-15)9-10-21-17-7-3-6-16(18)11-17/h3,6-7,11,14-15,19H,4-5,8-10,12-13H2,1-2H3. The van der Waals surface area contributed by atoms with Crippen LogP contribution in [0.15, 0.2) is 28.7 Å². The Balaban J connectivity index is 1.77. The third-order valence-electron chi connectivity index (χ3n) is 4.07. The number of benzene rings is 1. The van der Waals surface area contributed by atoms with Crippen molar-refractivity contribution in [3.05, 3.63) is 28.7 Å². The molecule has 1 aromatic rings. The van der Waals surface area contributed by atoms with Crippen LogP contribution in [-0.2, 0) is 0 Å². The van der Waals surface area contributed by atoms with E-state index in [0.717, 1.165) is 35.8 Å². The van der Waals surface area contributed by atoms with Crippen molar-refractivity contribution in [2.45, 2.75) is 32.7 Å². The number of nitrogens with zero attached hydrogens (tertiary/aromatic N) is 1. The molecule has 118 valence electrons. The van der Waals surface area contributed by atoms with Gasteiger partial charge in [-0.3, -0.25) is 4.90 Å². The highest BCUT2D eigenvalue weighted by molar-refractivity contribution is 9.10. The lowest BCUT2D eigenvalue weighted by Crippen LogP contribution is -2.42. The minimum absolute atomic E-state index is 0.568. The number of nitrogens with one attached hydrogen (secondary N) is 1. The zero-order chi connectivity index (χ0) is 15.1. The summed E-state index contributed by atoms with van der Waals surface area (Å²) in [5.41, 5.74) is 0. The maximum atomic E-state index is 5.87. The molecule has 1 atom stereocenters. The molecule has 3 nitrogen and oxygen atoms in total. The summed E-state index contributed by atoms with van der Waals surface area (Å²) in [6.07, 6.45) is 2.66. The maximum Gasteiger partial charge on any atom is 0.120 e. The summed E-state index contributed by atoms with van der Waals surface area (Å²) >= 11 is 3.47. The topological polar surface area (TPSA) is 24.5 Å². The zero-order valence-electron chi connectivity index (χ0n) is 13.1. The van der Waals surface area contributed by atoms with Crippen molar-refractivity contribution < 1.29 is 4.74 Å². The van der Waals surface area contributed by atoms with Crippen molar-refractivity contribution in [3.8, 4) is 5.75 Å². The van der Waals surface area contributed by atoms with Gasteiger partial charge in [-0.1, -0.05) is 22.0 Å². The normalized spacial score (nSPS) is 19.2. The van der Waals surface area contributed by atoms with E-state index in [1.807, 2.05) is 24.3 Å². The fourth-order valence-electron chi connectivity index (χ4n) is 2.81. The number of halogens is 1. The quantitative estimate of drug-likeness (QED) is 0.810. The largest absolute Gasteiger partial charge is 0.492 e. The van der Waals surface area contributed by atoms with Gasteiger partial charge in [0.15, 0.2) is 0 Å². The molecule has 1 fully saturated rings. The van der Waals surface area contributed by atoms with Gasteiger partial charge in [0.2, 0.25) is 0 Å². The molecular formula is C17H27BrN2O. The van der Waals surface area contributed by atoms with E-state index in [4.69, 9.17) is 4.74 Å². The average Bonchev–Trinajstić information content (AvgIpc) is 2.47. The van der Waals surface area contributed by atoms with E-state index in [0.29, 0.717) is 6.04 Å². The highest BCUT2D eigenvalue weighted by Crippen LogP contribution is 2.18. The van der Waals surface area contributed by atoms with E-state index in [-0.39, 0.29) is 0 Å². The van der Waals surface area contributed by atoms with Gasteiger partial charge in [0, 0.05) is 23.6 Å². The minimum atomic E-state index is 0.568. The second kappa shape index (κ2) is 8.76. The minimum Gasteiger partial charge on any atom is -0.492 e. The fourth-order valence-corrected chi connectivity index (χ4v) is 3.19. The second-order valence-corrected chi connectivity index (χ2v) is 7.02. The molecule has 1 saturated heterocycles. The monoisotopic (exact) mass is 354 g/mol. The Bertz CT molecular complexity index is 419. The lowest BCUT2D eigenvalue weighted by molar-refractivity contribution is 0.143. The molecule has 21 heavy (non-hydrogen) atoms. The van der Waals surface area contributed by atoms with Crippen molar-refractivity contribution in [3.63, 3.8) is 0 Å². The van der Waals surface area contributed by atoms with Gasteiger partial charge in [-0.2, -0.15) is 0 Å². The number of hydrogen-bond donors (Lipinski definition) is 1. The van der Waals surface area contributed by atoms with E-state index >= 15 is 0 Å². The number of ether oxygens (including phenoxy) is 1. The van der Waals surface area contributed by atoms with Crippen LogP contribution in [0.25, 0.3) is 0 Å². The van der Waals surface area contributed by atoms with Gasteiger partial charge in [0.25, 0.3) is 0 Å². The molecule has 2 rings (SSSR count). The first-order chi connectivity index (χ1) is 10.1. The van der Waals surface area contributed by atoms with E-state index in [9.17, 15) is 0 Å². The fraction of sp³-hybridized carbons (Fsp3) is 0.647. The first kappa shape index (κ1) is 16.8. The van der Waals surface area contributed by atoms with Crippen LogP contribution >= 0.6 is 15.9 Å². The maximum absolute atomic E-state index is 5.87. The molecule has 4 heteroatoms. The number of piperidine rings is 1. The molecule has 1 N–H and O–H groups in total. The average molecular weight is 355 g/mol. The molecule has 1 aromatic carbocycles. The number of rotatable bonds is 7. The molecule has 0 aliphatic carbocycles.